The Morgan fingerprint density at radius 2 is 1.89 bits per heavy atom. The van der Waals surface area contributed by atoms with Crippen LogP contribution in [0.1, 0.15) is 58.8 Å². The number of hydrogen-bond acceptors (Lipinski definition) is 3. The van der Waals surface area contributed by atoms with Crippen LogP contribution in [0.5, 0.6) is 0 Å². The van der Waals surface area contributed by atoms with Crippen molar-refractivity contribution in [1.82, 2.24) is 10.2 Å². The lowest BCUT2D eigenvalue weighted by Crippen LogP contribution is -2.52. The fourth-order valence-electron chi connectivity index (χ4n) is 3.88. The van der Waals surface area contributed by atoms with Crippen LogP contribution in [0.15, 0.2) is 0 Å². The molecule has 1 N–H and O–H groups in total. The van der Waals surface area contributed by atoms with Crippen LogP contribution in [0.3, 0.4) is 0 Å². The third-order valence-corrected chi connectivity index (χ3v) is 6.19. The van der Waals surface area contributed by atoms with Crippen LogP contribution in [0, 0.1) is 0 Å². The number of piperidine rings is 1. The average Bonchev–Trinajstić information content (AvgIpc) is 2.45. The first-order chi connectivity index (χ1) is 9.24. The van der Waals surface area contributed by atoms with Crippen molar-refractivity contribution in [3.8, 4) is 0 Å². The molecule has 1 saturated carbocycles. The van der Waals surface area contributed by atoms with Gasteiger partial charge in [0.15, 0.2) is 0 Å². The maximum Gasteiger partial charge on any atom is 0.00988 e. The predicted molar refractivity (Wildman–Crippen MR) is 87.0 cm³/mol. The van der Waals surface area contributed by atoms with Crippen LogP contribution in [0.25, 0.3) is 0 Å². The van der Waals surface area contributed by atoms with Crippen molar-refractivity contribution in [3.05, 3.63) is 0 Å². The molecule has 2 rings (SSSR count). The quantitative estimate of drug-likeness (QED) is 0.831. The summed E-state index contributed by atoms with van der Waals surface area (Å²) in [5, 5.41) is 4.65. The van der Waals surface area contributed by atoms with Gasteiger partial charge in [0.2, 0.25) is 0 Å². The van der Waals surface area contributed by atoms with Crippen LogP contribution in [0.4, 0.5) is 0 Å². The van der Waals surface area contributed by atoms with Gasteiger partial charge >= 0.3 is 0 Å². The predicted octanol–water partition coefficient (Wildman–Crippen LogP) is 3.51. The molecule has 2 aliphatic rings. The summed E-state index contributed by atoms with van der Waals surface area (Å²) < 4.78 is 0. The minimum Gasteiger partial charge on any atom is -0.314 e. The number of nitrogens with zero attached hydrogens (tertiary/aromatic N) is 1. The summed E-state index contributed by atoms with van der Waals surface area (Å²) in [7, 11) is 0. The normalized spacial score (nSPS) is 37.4. The van der Waals surface area contributed by atoms with E-state index >= 15 is 0 Å². The molecular formula is C16H32N2S. The van der Waals surface area contributed by atoms with Gasteiger partial charge in [0.05, 0.1) is 0 Å². The summed E-state index contributed by atoms with van der Waals surface area (Å²) in [4.78, 5) is 2.82. The standard InChI is InChI=1S/C16H32N2S/c1-4-10-17-14-9-11-18(13(2)12-14)15-5-7-16(19-3)8-6-15/h13-17H,4-12H2,1-3H3. The zero-order valence-corrected chi connectivity index (χ0v) is 13.8. The summed E-state index contributed by atoms with van der Waals surface area (Å²) in [5.74, 6) is 0. The highest BCUT2D eigenvalue weighted by Crippen LogP contribution is 2.32. The molecular weight excluding hydrogens is 252 g/mol. The van der Waals surface area contributed by atoms with Gasteiger partial charge < -0.3 is 5.32 Å². The third kappa shape index (κ3) is 4.37. The molecule has 2 fully saturated rings. The number of likely N-dealkylation sites (tertiary alicyclic amines) is 1. The van der Waals surface area contributed by atoms with Crippen molar-refractivity contribution in [2.45, 2.75) is 82.2 Å². The van der Waals surface area contributed by atoms with E-state index in [1.54, 1.807) is 0 Å². The Hall–Kier alpha value is 0.270. The van der Waals surface area contributed by atoms with Crippen LogP contribution in [-0.2, 0) is 0 Å². The molecule has 1 aliphatic heterocycles. The highest BCUT2D eigenvalue weighted by atomic mass is 32.2. The van der Waals surface area contributed by atoms with Crippen molar-refractivity contribution in [2.75, 3.05) is 19.3 Å². The minimum absolute atomic E-state index is 0.772. The summed E-state index contributed by atoms with van der Waals surface area (Å²) >= 11 is 2.08. The van der Waals surface area contributed by atoms with Crippen molar-refractivity contribution < 1.29 is 0 Å². The first kappa shape index (κ1) is 15.7. The van der Waals surface area contributed by atoms with Crippen molar-refractivity contribution in [3.63, 3.8) is 0 Å². The molecule has 0 aromatic carbocycles. The molecule has 1 heterocycles. The number of thioether (sulfide) groups is 1. The lowest BCUT2D eigenvalue weighted by molar-refractivity contribution is 0.0688. The van der Waals surface area contributed by atoms with Crippen molar-refractivity contribution >= 4 is 11.8 Å². The van der Waals surface area contributed by atoms with Crippen LogP contribution in [-0.4, -0.2) is 47.6 Å². The third-order valence-electron chi connectivity index (χ3n) is 5.06. The van der Waals surface area contributed by atoms with Crippen LogP contribution < -0.4 is 5.32 Å². The maximum atomic E-state index is 3.71. The Bertz CT molecular complexity index is 251. The Balaban J connectivity index is 1.76. The lowest BCUT2D eigenvalue weighted by atomic mass is 9.89. The summed E-state index contributed by atoms with van der Waals surface area (Å²) in [6.45, 7) is 7.21. The second-order valence-electron chi connectivity index (χ2n) is 6.43. The maximum absolute atomic E-state index is 3.71. The van der Waals surface area contributed by atoms with Gasteiger partial charge in [-0.05, 0) is 64.7 Å². The van der Waals surface area contributed by atoms with E-state index in [9.17, 15) is 0 Å². The second-order valence-corrected chi connectivity index (χ2v) is 7.57. The van der Waals surface area contributed by atoms with Gasteiger partial charge in [-0.3, -0.25) is 4.90 Å². The number of rotatable bonds is 5. The summed E-state index contributed by atoms with van der Waals surface area (Å²) in [6.07, 6.45) is 12.0. The summed E-state index contributed by atoms with van der Waals surface area (Å²) in [5.41, 5.74) is 0. The van der Waals surface area contributed by atoms with E-state index < -0.39 is 0 Å². The molecule has 2 atom stereocenters. The molecule has 2 unspecified atom stereocenters. The van der Waals surface area contributed by atoms with Gasteiger partial charge in [-0.1, -0.05) is 6.92 Å². The van der Waals surface area contributed by atoms with E-state index in [2.05, 4.69) is 42.1 Å². The van der Waals surface area contributed by atoms with Gasteiger partial charge in [-0.15, -0.1) is 0 Å². The topological polar surface area (TPSA) is 15.3 Å². The van der Waals surface area contributed by atoms with E-state index in [4.69, 9.17) is 0 Å². The van der Waals surface area contributed by atoms with Gasteiger partial charge in [0, 0.05) is 29.9 Å². The van der Waals surface area contributed by atoms with Crippen molar-refractivity contribution in [1.29, 1.82) is 0 Å². The summed E-state index contributed by atoms with van der Waals surface area (Å²) in [6, 6.07) is 2.43. The Labute approximate surface area is 124 Å². The Morgan fingerprint density at radius 3 is 2.47 bits per heavy atom. The molecule has 0 aromatic heterocycles. The molecule has 0 aromatic rings. The van der Waals surface area contributed by atoms with Gasteiger partial charge in [0.25, 0.3) is 0 Å². The molecule has 3 heteroatoms. The monoisotopic (exact) mass is 284 g/mol. The Morgan fingerprint density at radius 1 is 1.16 bits per heavy atom. The number of nitrogens with one attached hydrogen (secondary N) is 1. The van der Waals surface area contributed by atoms with Gasteiger partial charge in [0.1, 0.15) is 0 Å². The van der Waals surface area contributed by atoms with E-state index in [0.717, 1.165) is 23.4 Å². The molecule has 2 nitrogen and oxygen atoms in total. The molecule has 0 spiro atoms. The van der Waals surface area contributed by atoms with E-state index in [-0.39, 0.29) is 0 Å². The molecule has 1 aliphatic carbocycles. The molecule has 0 bridgehead atoms. The highest BCUT2D eigenvalue weighted by molar-refractivity contribution is 7.99. The fourth-order valence-corrected chi connectivity index (χ4v) is 4.62. The zero-order valence-electron chi connectivity index (χ0n) is 13.0. The molecule has 112 valence electrons. The fraction of sp³-hybridized carbons (Fsp3) is 1.00. The molecule has 0 radical (unpaired) electrons. The highest BCUT2D eigenvalue weighted by Gasteiger charge is 2.32. The lowest BCUT2D eigenvalue weighted by Gasteiger charge is -2.45. The molecule has 1 saturated heterocycles. The Kier molecular flexibility index (Phi) is 6.51. The second kappa shape index (κ2) is 7.90. The van der Waals surface area contributed by atoms with Crippen molar-refractivity contribution in [2.24, 2.45) is 0 Å². The minimum atomic E-state index is 0.772. The van der Waals surface area contributed by atoms with Crippen LogP contribution >= 0.6 is 11.8 Å². The zero-order chi connectivity index (χ0) is 13.7. The smallest absolute Gasteiger partial charge is 0.00988 e. The average molecular weight is 285 g/mol. The molecule has 0 amide bonds. The first-order valence-electron chi connectivity index (χ1n) is 8.26. The largest absolute Gasteiger partial charge is 0.314 e. The molecule has 19 heavy (non-hydrogen) atoms. The number of hydrogen-bond donors (Lipinski definition) is 1. The SMILES string of the molecule is CCCNC1CCN(C2CCC(SC)CC2)C(C)C1. The van der Waals surface area contributed by atoms with Crippen LogP contribution in [0.2, 0.25) is 0 Å². The van der Waals surface area contributed by atoms with E-state index in [1.807, 2.05) is 0 Å². The van der Waals surface area contributed by atoms with Gasteiger partial charge in [-0.2, -0.15) is 11.8 Å². The van der Waals surface area contributed by atoms with Gasteiger partial charge in [-0.25, -0.2) is 0 Å². The first-order valence-corrected chi connectivity index (χ1v) is 9.55. The van der Waals surface area contributed by atoms with E-state index in [1.165, 1.54) is 58.0 Å². The van der Waals surface area contributed by atoms with E-state index in [0.29, 0.717) is 0 Å².